The van der Waals surface area contributed by atoms with E-state index in [1.54, 1.807) is 14.2 Å². The summed E-state index contributed by atoms with van der Waals surface area (Å²) in [7, 11) is 3.23. The molecule has 29 heavy (non-hydrogen) atoms. The maximum Gasteiger partial charge on any atom is 0.254 e. The highest BCUT2D eigenvalue weighted by atomic mass is 19.1. The number of halogens is 2. The second-order valence-corrected chi connectivity index (χ2v) is 6.60. The largest absolute Gasteiger partial charge is 0.497 e. The first-order valence-electron chi connectivity index (χ1n) is 8.91. The fourth-order valence-corrected chi connectivity index (χ4v) is 2.92. The molecule has 0 bridgehead atoms. The van der Waals surface area contributed by atoms with Gasteiger partial charge in [-0.2, -0.15) is 0 Å². The first-order chi connectivity index (χ1) is 13.9. The molecule has 0 saturated heterocycles. The molecule has 0 aliphatic heterocycles. The van der Waals surface area contributed by atoms with Crippen LogP contribution in [-0.2, 0) is 11.3 Å². The molecule has 3 aromatic rings. The van der Waals surface area contributed by atoms with Crippen molar-refractivity contribution in [2.24, 2.45) is 0 Å². The van der Waals surface area contributed by atoms with Crippen LogP contribution in [-0.4, -0.2) is 37.4 Å². The zero-order valence-electron chi connectivity index (χ0n) is 16.0. The second kappa shape index (κ2) is 8.68. The Morgan fingerprint density at radius 3 is 2.45 bits per heavy atom. The number of nitrogens with one attached hydrogen (secondary N) is 1. The van der Waals surface area contributed by atoms with Crippen LogP contribution in [0.3, 0.4) is 0 Å². The second-order valence-electron chi connectivity index (χ2n) is 6.60. The maximum absolute atomic E-state index is 13.6. The lowest BCUT2D eigenvalue weighted by Crippen LogP contribution is -2.38. The molecule has 0 aliphatic carbocycles. The molecule has 0 fully saturated rings. The number of benzene rings is 3. The van der Waals surface area contributed by atoms with Gasteiger partial charge >= 0.3 is 0 Å². The van der Waals surface area contributed by atoms with Gasteiger partial charge in [0.05, 0.1) is 19.2 Å². The fraction of sp³-hybridized carbons (Fsp3) is 0.182. The lowest BCUT2D eigenvalue weighted by Gasteiger charge is -2.18. The third kappa shape index (κ3) is 4.87. The fourth-order valence-electron chi connectivity index (χ4n) is 2.92. The van der Waals surface area contributed by atoms with Crippen molar-refractivity contribution in [2.45, 2.75) is 6.54 Å². The van der Waals surface area contributed by atoms with Gasteiger partial charge in [-0.25, -0.2) is 8.78 Å². The van der Waals surface area contributed by atoms with Crippen LogP contribution < -0.4 is 10.1 Å². The van der Waals surface area contributed by atoms with Gasteiger partial charge in [-0.05, 0) is 46.7 Å². The Morgan fingerprint density at radius 1 is 1.00 bits per heavy atom. The first-order valence-corrected chi connectivity index (χ1v) is 8.91. The molecule has 150 valence electrons. The number of likely N-dealkylation sites (N-methyl/N-ethyl adjacent to an activating group) is 1. The van der Waals surface area contributed by atoms with E-state index in [1.807, 2.05) is 36.4 Å². The summed E-state index contributed by atoms with van der Waals surface area (Å²) < 4.78 is 31.8. The lowest BCUT2D eigenvalue weighted by atomic mass is 10.1. The molecule has 2 amide bonds. The minimum Gasteiger partial charge on any atom is -0.497 e. The summed E-state index contributed by atoms with van der Waals surface area (Å²) in [5, 5.41) is 4.40. The molecular formula is C22H20F2N2O3. The van der Waals surface area contributed by atoms with Crippen LogP contribution in [0.4, 0.5) is 8.78 Å². The van der Waals surface area contributed by atoms with Crippen LogP contribution in [0.1, 0.15) is 15.9 Å². The number of hydrogen-bond donors (Lipinski definition) is 1. The van der Waals surface area contributed by atoms with Crippen molar-refractivity contribution in [1.29, 1.82) is 0 Å². The summed E-state index contributed by atoms with van der Waals surface area (Å²) in [4.78, 5) is 25.8. The van der Waals surface area contributed by atoms with E-state index in [0.717, 1.165) is 34.2 Å². The smallest absolute Gasteiger partial charge is 0.254 e. The zero-order chi connectivity index (χ0) is 21.0. The SMILES string of the molecule is COc1ccc2cc(CN(C)C(=O)CNC(=O)c3ccc(F)cc3F)ccc2c1. The Hall–Kier alpha value is -3.48. The Kier molecular flexibility index (Phi) is 6.07. The molecule has 3 aromatic carbocycles. The predicted octanol–water partition coefficient (Wildman–Crippen LogP) is 3.52. The molecule has 0 heterocycles. The molecular weight excluding hydrogens is 378 g/mol. The third-order valence-electron chi connectivity index (χ3n) is 4.53. The molecule has 3 rings (SSSR count). The molecule has 0 radical (unpaired) electrons. The van der Waals surface area contributed by atoms with Crippen LogP contribution in [0.2, 0.25) is 0 Å². The standard InChI is InChI=1S/C22H20F2N2O3/c1-26(13-14-3-4-16-10-18(29-2)7-5-15(16)9-14)21(27)12-25-22(28)19-8-6-17(23)11-20(19)24/h3-11H,12-13H2,1-2H3,(H,25,28). The topological polar surface area (TPSA) is 58.6 Å². The van der Waals surface area contributed by atoms with E-state index in [2.05, 4.69) is 5.32 Å². The molecule has 5 nitrogen and oxygen atoms in total. The third-order valence-corrected chi connectivity index (χ3v) is 4.53. The van der Waals surface area contributed by atoms with Gasteiger partial charge in [-0.15, -0.1) is 0 Å². The monoisotopic (exact) mass is 398 g/mol. The summed E-state index contributed by atoms with van der Waals surface area (Å²) in [6.45, 7) is 0.0541. The number of hydrogen-bond acceptors (Lipinski definition) is 3. The molecule has 0 saturated carbocycles. The van der Waals surface area contributed by atoms with E-state index in [0.29, 0.717) is 12.6 Å². The lowest BCUT2D eigenvalue weighted by molar-refractivity contribution is -0.129. The Balaban J connectivity index is 1.60. The predicted molar refractivity (Wildman–Crippen MR) is 106 cm³/mol. The summed E-state index contributed by atoms with van der Waals surface area (Å²) >= 11 is 0. The highest BCUT2D eigenvalue weighted by Crippen LogP contribution is 2.22. The Morgan fingerprint density at radius 2 is 1.72 bits per heavy atom. The van der Waals surface area contributed by atoms with E-state index in [-0.39, 0.29) is 18.0 Å². The summed E-state index contributed by atoms with van der Waals surface area (Å²) in [6.07, 6.45) is 0. The van der Waals surface area contributed by atoms with Gasteiger partial charge in [-0.1, -0.05) is 18.2 Å². The molecule has 0 atom stereocenters. The number of ether oxygens (including phenoxy) is 1. The number of carbonyl (C=O) groups is 2. The van der Waals surface area contributed by atoms with Crippen molar-refractivity contribution in [3.05, 3.63) is 77.4 Å². The zero-order valence-corrected chi connectivity index (χ0v) is 16.0. The van der Waals surface area contributed by atoms with Crippen LogP contribution in [0.15, 0.2) is 54.6 Å². The van der Waals surface area contributed by atoms with Crippen LogP contribution >= 0.6 is 0 Å². The van der Waals surface area contributed by atoms with Crippen molar-refractivity contribution >= 4 is 22.6 Å². The quantitative estimate of drug-likeness (QED) is 0.691. The van der Waals surface area contributed by atoms with Gasteiger partial charge in [-0.3, -0.25) is 9.59 Å². The summed E-state index contributed by atoms with van der Waals surface area (Å²) in [6, 6.07) is 14.2. The van der Waals surface area contributed by atoms with Gasteiger partial charge in [0.2, 0.25) is 5.91 Å². The minimum absolute atomic E-state index is 0.295. The number of carbonyl (C=O) groups excluding carboxylic acids is 2. The van der Waals surface area contributed by atoms with Gasteiger partial charge < -0.3 is 15.0 Å². The molecule has 7 heteroatoms. The summed E-state index contributed by atoms with van der Waals surface area (Å²) in [5.41, 5.74) is 0.612. The van der Waals surface area contributed by atoms with E-state index < -0.39 is 17.5 Å². The van der Waals surface area contributed by atoms with E-state index >= 15 is 0 Å². The van der Waals surface area contributed by atoms with Crippen LogP contribution in [0.5, 0.6) is 5.75 Å². The van der Waals surface area contributed by atoms with Gasteiger partial charge in [0.15, 0.2) is 0 Å². The summed E-state index contributed by atoms with van der Waals surface area (Å²) in [5.74, 6) is -2.09. The maximum atomic E-state index is 13.6. The molecule has 0 spiro atoms. The van der Waals surface area contributed by atoms with E-state index in [1.165, 1.54) is 4.90 Å². The van der Waals surface area contributed by atoms with Crippen molar-refractivity contribution < 1.29 is 23.1 Å². The van der Waals surface area contributed by atoms with Crippen molar-refractivity contribution in [1.82, 2.24) is 10.2 Å². The number of amides is 2. The number of nitrogens with zero attached hydrogens (tertiary/aromatic N) is 1. The van der Waals surface area contributed by atoms with Gasteiger partial charge in [0.25, 0.3) is 5.91 Å². The van der Waals surface area contributed by atoms with Crippen LogP contribution in [0, 0.1) is 11.6 Å². The van der Waals surface area contributed by atoms with Gasteiger partial charge in [0, 0.05) is 19.7 Å². The average Bonchev–Trinajstić information content (AvgIpc) is 2.71. The van der Waals surface area contributed by atoms with E-state index in [4.69, 9.17) is 4.74 Å². The molecule has 0 aliphatic rings. The van der Waals surface area contributed by atoms with Crippen molar-refractivity contribution in [3.63, 3.8) is 0 Å². The molecule has 0 aromatic heterocycles. The minimum atomic E-state index is -0.976. The van der Waals surface area contributed by atoms with E-state index in [9.17, 15) is 18.4 Å². The highest BCUT2D eigenvalue weighted by Gasteiger charge is 2.15. The number of methoxy groups -OCH3 is 1. The average molecular weight is 398 g/mol. The van der Waals surface area contributed by atoms with Crippen molar-refractivity contribution in [2.75, 3.05) is 20.7 Å². The highest BCUT2D eigenvalue weighted by molar-refractivity contribution is 5.96. The normalized spacial score (nSPS) is 10.6. The number of fused-ring (bicyclic) bond motifs is 1. The molecule has 1 N–H and O–H groups in total. The van der Waals surface area contributed by atoms with Crippen molar-refractivity contribution in [3.8, 4) is 5.75 Å². The molecule has 0 unspecified atom stereocenters. The Bertz CT molecular complexity index is 1070. The Labute approximate surface area is 166 Å². The van der Waals surface area contributed by atoms with Gasteiger partial charge in [0.1, 0.15) is 17.4 Å². The number of rotatable bonds is 6. The van der Waals surface area contributed by atoms with Crippen LogP contribution in [0.25, 0.3) is 10.8 Å². The first kappa shape index (κ1) is 20.3.